The first kappa shape index (κ1) is 24.5. The highest BCUT2D eigenvalue weighted by atomic mass is 127. The van der Waals surface area contributed by atoms with Gasteiger partial charge in [0.05, 0.1) is 7.11 Å². The van der Waals surface area contributed by atoms with Crippen LogP contribution < -0.4 is 20.7 Å². The van der Waals surface area contributed by atoms with Crippen LogP contribution in [0.5, 0.6) is 5.75 Å². The van der Waals surface area contributed by atoms with Crippen LogP contribution in [-0.4, -0.2) is 45.2 Å². The predicted molar refractivity (Wildman–Crippen MR) is 119 cm³/mol. The molecule has 1 aromatic carbocycles. The summed E-state index contributed by atoms with van der Waals surface area (Å²) in [7, 11) is 1.59. The third-order valence-corrected chi connectivity index (χ3v) is 4.04. The molecular weight excluding hydrogens is 443 g/mol. The summed E-state index contributed by atoms with van der Waals surface area (Å²) in [6.45, 7) is 9.19. The quantitative estimate of drug-likeness (QED) is 0.210. The second-order valence-electron chi connectivity index (χ2n) is 5.82. The van der Waals surface area contributed by atoms with Gasteiger partial charge in [0.2, 0.25) is 0 Å². The number of aliphatic imine (C=N–C) groups is 1. The van der Waals surface area contributed by atoms with E-state index in [1.165, 1.54) is 0 Å². The first-order valence-corrected chi connectivity index (χ1v) is 9.08. The Morgan fingerprint density at radius 2 is 1.81 bits per heavy atom. The molecule has 0 bridgehead atoms. The highest BCUT2D eigenvalue weighted by Gasteiger charge is 2.06. The van der Waals surface area contributed by atoms with Crippen LogP contribution in [0.15, 0.2) is 29.3 Å². The van der Waals surface area contributed by atoms with Crippen LogP contribution in [0.4, 0.5) is 0 Å². The van der Waals surface area contributed by atoms with E-state index in [1.807, 2.05) is 13.0 Å². The molecule has 0 aliphatic carbocycles. The zero-order valence-electron chi connectivity index (χ0n) is 16.3. The van der Waals surface area contributed by atoms with Crippen molar-refractivity contribution in [2.45, 2.75) is 33.6 Å². The van der Waals surface area contributed by atoms with Gasteiger partial charge in [-0.3, -0.25) is 9.79 Å². The molecule has 0 fully saturated rings. The summed E-state index contributed by atoms with van der Waals surface area (Å²) in [6, 6.07) is 7.12. The van der Waals surface area contributed by atoms with Gasteiger partial charge in [0.25, 0.3) is 5.91 Å². The van der Waals surface area contributed by atoms with Crippen LogP contribution in [0, 0.1) is 5.92 Å². The van der Waals surface area contributed by atoms with Crippen molar-refractivity contribution in [2.24, 2.45) is 10.9 Å². The lowest BCUT2D eigenvalue weighted by Crippen LogP contribution is -2.41. The molecule has 0 radical (unpaired) electrons. The van der Waals surface area contributed by atoms with E-state index >= 15 is 0 Å². The van der Waals surface area contributed by atoms with E-state index in [2.05, 4.69) is 34.8 Å². The average Bonchev–Trinajstić information content (AvgIpc) is 2.65. The van der Waals surface area contributed by atoms with E-state index in [0.29, 0.717) is 30.3 Å². The highest BCUT2D eigenvalue weighted by molar-refractivity contribution is 14.0. The Labute approximate surface area is 174 Å². The van der Waals surface area contributed by atoms with Crippen LogP contribution in [0.1, 0.15) is 44.0 Å². The minimum atomic E-state index is -0.111. The number of carbonyl (C=O) groups excluding carboxylic acids is 1. The van der Waals surface area contributed by atoms with E-state index in [-0.39, 0.29) is 29.9 Å². The van der Waals surface area contributed by atoms with Crippen molar-refractivity contribution in [3.8, 4) is 5.75 Å². The predicted octanol–water partition coefficient (Wildman–Crippen LogP) is 3.03. The molecule has 0 spiro atoms. The molecule has 1 amide bonds. The summed E-state index contributed by atoms with van der Waals surface area (Å²) in [4.78, 5) is 16.8. The Hall–Kier alpha value is -1.51. The van der Waals surface area contributed by atoms with Gasteiger partial charge in [-0.25, -0.2) is 0 Å². The van der Waals surface area contributed by atoms with Crippen LogP contribution in [0.2, 0.25) is 0 Å². The number of guanidine groups is 1. The maximum atomic E-state index is 12.1. The van der Waals surface area contributed by atoms with Gasteiger partial charge in [-0.1, -0.05) is 32.8 Å². The summed E-state index contributed by atoms with van der Waals surface area (Å²) in [5, 5.41) is 9.38. The van der Waals surface area contributed by atoms with Gasteiger partial charge in [0.15, 0.2) is 5.96 Å². The highest BCUT2D eigenvalue weighted by Crippen LogP contribution is 2.12. The van der Waals surface area contributed by atoms with Gasteiger partial charge >= 0.3 is 0 Å². The summed E-state index contributed by atoms with van der Waals surface area (Å²) in [6.07, 6.45) is 2.27. The maximum Gasteiger partial charge on any atom is 0.251 e. The zero-order valence-corrected chi connectivity index (χ0v) is 18.6. The van der Waals surface area contributed by atoms with Crippen molar-refractivity contribution in [1.82, 2.24) is 16.0 Å². The van der Waals surface area contributed by atoms with Crippen LogP contribution in [-0.2, 0) is 0 Å². The van der Waals surface area contributed by atoms with Crippen molar-refractivity contribution in [3.63, 3.8) is 0 Å². The number of hydrogen-bond donors (Lipinski definition) is 3. The van der Waals surface area contributed by atoms with E-state index < -0.39 is 0 Å². The number of hydrogen-bond acceptors (Lipinski definition) is 3. The van der Waals surface area contributed by atoms with Crippen LogP contribution in [0.3, 0.4) is 0 Å². The number of ether oxygens (including phenoxy) is 1. The Bertz CT molecular complexity index is 548. The number of nitrogens with zero attached hydrogens (tertiary/aromatic N) is 1. The van der Waals surface area contributed by atoms with Crippen LogP contribution >= 0.6 is 24.0 Å². The Kier molecular flexibility index (Phi) is 13.8. The second kappa shape index (κ2) is 14.6. The largest absolute Gasteiger partial charge is 0.497 e. The first-order chi connectivity index (χ1) is 12.1. The van der Waals surface area contributed by atoms with Crippen molar-refractivity contribution in [3.05, 3.63) is 29.8 Å². The average molecular weight is 476 g/mol. The van der Waals surface area contributed by atoms with Gasteiger partial charge in [-0.15, -0.1) is 24.0 Å². The molecular formula is C19H33IN4O2. The normalized spacial score (nSPS) is 10.9. The third kappa shape index (κ3) is 9.26. The molecule has 26 heavy (non-hydrogen) atoms. The minimum absolute atomic E-state index is 0. The van der Waals surface area contributed by atoms with Crippen molar-refractivity contribution in [2.75, 3.05) is 33.3 Å². The molecule has 3 N–H and O–H groups in total. The van der Waals surface area contributed by atoms with E-state index in [0.717, 1.165) is 31.9 Å². The summed E-state index contributed by atoms with van der Waals surface area (Å²) < 4.78 is 5.14. The third-order valence-electron chi connectivity index (χ3n) is 4.04. The number of nitrogens with one attached hydrogen (secondary N) is 3. The lowest BCUT2D eigenvalue weighted by molar-refractivity contribution is 0.0954. The molecule has 0 unspecified atom stereocenters. The van der Waals surface area contributed by atoms with Gasteiger partial charge in [0, 0.05) is 31.7 Å². The van der Waals surface area contributed by atoms with E-state index in [4.69, 9.17) is 4.74 Å². The monoisotopic (exact) mass is 476 g/mol. The minimum Gasteiger partial charge on any atom is -0.497 e. The fourth-order valence-corrected chi connectivity index (χ4v) is 2.33. The van der Waals surface area contributed by atoms with E-state index in [1.54, 1.807) is 25.3 Å². The molecule has 0 heterocycles. The molecule has 1 rings (SSSR count). The number of amides is 1. The zero-order chi connectivity index (χ0) is 18.5. The number of carbonyl (C=O) groups is 1. The van der Waals surface area contributed by atoms with Crippen molar-refractivity contribution >= 4 is 35.8 Å². The molecule has 1 aromatic rings. The number of benzene rings is 1. The first-order valence-electron chi connectivity index (χ1n) is 9.08. The number of halogens is 1. The van der Waals surface area contributed by atoms with Gasteiger partial charge in [0.1, 0.15) is 5.75 Å². The Morgan fingerprint density at radius 1 is 1.12 bits per heavy atom. The van der Waals surface area contributed by atoms with Gasteiger partial charge in [-0.2, -0.15) is 0 Å². The topological polar surface area (TPSA) is 74.8 Å². The molecule has 0 saturated heterocycles. The van der Waals surface area contributed by atoms with E-state index in [9.17, 15) is 4.79 Å². The Balaban J connectivity index is 0.00000625. The van der Waals surface area contributed by atoms with Crippen molar-refractivity contribution in [1.29, 1.82) is 0 Å². The van der Waals surface area contributed by atoms with Crippen LogP contribution in [0.25, 0.3) is 0 Å². The fourth-order valence-electron chi connectivity index (χ4n) is 2.33. The second-order valence-corrected chi connectivity index (χ2v) is 5.82. The number of rotatable bonds is 10. The van der Waals surface area contributed by atoms with Gasteiger partial charge in [-0.05, 0) is 31.0 Å². The Morgan fingerprint density at radius 3 is 2.42 bits per heavy atom. The summed E-state index contributed by atoms with van der Waals surface area (Å²) >= 11 is 0. The molecule has 0 aromatic heterocycles. The SMILES string of the molecule is CCNC(=NCC(CC)CC)NCCNC(=O)c1cccc(OC)c1.I. The molecule has 0 saturated carbocycles. The smallest absolute Gasteiger partial charge is 0.251 e. The maximum absolute atomic E-state index is 12.1. The lowest BCUT2D eigenvalue weighted by Gasteiger charge is -2.14. The fraction of sp³-hybridized carbons (Fsp3) is 0.579. The molecule has 7 heteroatoms. The molecule has 0 aliphatic heterocycles. The summed E-state index contributed by atoms with van der Waals surface area (Å²) in [5.41, 5.74) is 0.591. The van der Waals surface area contributed by atoms with Gasteiger partial charge < -0.3 is 20.7 Å². The molecule has 0 atom stereocenters. The molecule has 148 valence electrons. The number of methoxy groups -OCH3 is 1. The summed E-state index contributed by atoms with van der Waals surface area (Å²) in [5.74, 6) is 1.97. The molecule has 6 nitrogen and oxygen atoms in total. The lowest BCUT2D eigenvalue weighted by atomic mass is 10.0. The standard InChI is InChI=1S/C19H32N4O2.HI/c1-5-15(6-2)14-23-19(20-7-3)22-12-11-21-18(24)16-9-8-10-17(13-16)25-4;/h8-10,13,15H,5-7,11-12,14H2,1-4H3,(H,21,24)(H2,20,22,23);1H. The molecule has 0 aliphatic rings. The van der Waals surface area contributed by atoms with Crippen molar-refractivity contribution < 1.29 is 9.53 Å².